The zero-order chi connectivity index (χ0) is 22.4. The highest BCUT2D eigenvalue weighted by Gasteiger charge is 2.24. The molecule has 2 aliphatic heterocycles. The van der Waals surface area contributed by atoms with Crippen LogP contribution in [0.5, 0.6) is 11.5 Å². The number of thiophene rings is 1. The third-order valence-corrected chi connectivity index (χ3v) is 7.31. The number of piperazine rings is 1. The molecule has 0 unspecified atom stereocenters. The summed E-state index contributed by atoms with van der Waals surface area (Å²) < 4.78 is 11.0. The summed E-state index contributed by atoms with van der Waals surface area (Å²) in [6.45, 7) is 6.96. The van der Waals surface area contributed by atoms with E-state index in [0.29, 0.717) is 12.1 Å². The molecule has 0 atom stereocenters. The van der Waals surface area contributed by atoms with Crippen molar-refractivity contribution < 1.29 is 9.47 Å². The van der Waals surface area contributed by atoms with Gasteiger partial charge in [-0.15, -0.1) is 11.3 Å². The van der Waals surface area contributed by atoms with Gasteiger partial charge >= 0.3 is 0 Å². The molecule has 0 amide bonds. The summed E-state index contributed by atoms with van der Waals surface area (Å²) in [7, 11) is 0. The lowest BCUT2D eigenvalue weighted by Gasteiger charge is -2.35. The molecule has 6 rings (SSSR count). The Hall–Kier alpha value is -2.87. The fraction of sp³-hybridized carbons (Fsp3) is 0.280. The smallest absolute Gasteiger partial charge is 0.231 e. The number of anilines is 1. The number of halogens is 1. The molecule has 0 N–H and O–H groups in total. The number of hydrogen-bond donors (Lipinski definition) is 0. The van der Waals surface area contributed by atoms with E-state index in [2.05, 4.69) is 68.5 Å². The largest absolute Gasteiger partial charge is 0.454 e. The van der Waals surface area contributed by atoms with E-state index >= 15 is 0 Å². The van der Waals surface area contributed by atoms with Crippen molar-refractivity contribution in [3.8, 4) is 22.6 Å². The number of aryl methyl sites for hydroxylation is 1. The standard InChI is InChI=1S/C25H23ClN4O2S/c1-16-2-5-18(6-3-16)19-14-33-24-22(19)23(27-25(26)28-24)30-10-8-29(9-11-30)13-17-4-7-20-21(12-17)32-15-31-20/h2-7,12,14H,8-11,13,15H2,1H3. The Morgan fingerprint density at radius 3 is 2.58 bits per heavy atom. The summed E-state index contributed by atoms with van der Waals surface area (Å²) in [5, 5.41) is 3.56. The van der Waals surface area contributed by atoms with Crippen LogP contribution >= 0.6 is 22.9 Å². The van der Waals surface area contributed by atoms with E-state index in [1.54, 1.807) is 11.3 Å². The van der Waals surface area contributed by atoms with Gasteiger partial charge in [-0.3, -0.25) is 4.90 Å². The number of fused-ring (bicyclic) bond motifs is 2. The third-order valence-electron chi connectivity index (χ3n) is 6.26. The van der Waals surface area contributed by atoms with Crippen LogP contribution in [0.25, 0.3) is 21.3 Å². The molecule has 4 aromatic rings. The predicted molar refractivity (Wildman–Crippen MR) is 133 cm³/mol. The van der Waals surface area contributed by atoms with Gasteiger partial charge in [0.2, 0.25) is 12.1 Å². The van der Waals surface area contributed by atoms with Gasteiger partial charge in [0.1, 0.15) is 10.6 Å². The molecular formula is C25H23ClN4O2S. The van der Waals surface area contributed by atoms with Crippen molar-refractivity contribution in [1.29, 1.82) is 0 Å². The molecule has 33 heavy (non-hydrogen) atoms. The van der Waals surface area contributed by atoms with E-state index in [-0.39, 0.29) is 0 Å². The molecule has 4 heterocycles. The summed E-state index contributed by atoms with van der Waals surface area (Å²) in [5.41, 5.74) is 4.83. The van der Waals surface area contributed by atoms with Crippen molar-refractivity contribution >= 4 is 39.0 Å². The number of aromatic nitrogens is 2. The molecule has 1 saturated heterocycles. The molecule has 0 spiro atoms. The second-order valence-electron chi connectivity index (χ2n) is 8.46. The summed E-state index contributed by atoms with van der Waals surface area (Å²) in [6, 6.07) is 14.8. The third kappa shape index (κ3) is 4.01. The van der Waals surface area contributed by atoms with Crippen LogP contribution in [-0.4, -0.2) is 47.8 Å². The Kier molecular flexibility index (Phi) is 5.32. The van der Waals surface area contributed by atoms with Crippen molar-refractivity contribution in [2.45, 2.75) is 13.5 Å². The quantitative estimate of drug-likeness (QED) is 0.367. The maximum absolute atomic E-state index is 6.33. The van der Waals surface area contributed by atoms with E-state index in [1.807, 2.05) is 6.07 Å². The molecule has 2 aliphatic rings. The average molecular weight is 479 g/mol. The van der Waals surface area contributed by atoms with Crippen molar-refractivity contribution in [3.05, 3.63) is 64.3 Å². The number of nitrogens with zero attached hydrogens (tertiary/aromatic N) is 4. The molecule has 168 valence electrons. The van der Waals surface area contributed by atoms with Crippen molar-refractivity contribution in [2.24, 2.45) is 0 Å². The number of rotatable bonds is 4. The summed E-state index contributed by atoms with van der Waals surface area (Å²) >= 11 is 7.95. The first-order valence-electron chi connectivity index (χ1n) is 11.0. The minimum absolute atomic E-state index is 0.303. The molecule has 2 aromatic heterocycles. The molecule has 0 saturated carbocycles. The second kappa shape index (κ2) is 8.48. The fourth-order valence-corrected chi connectivity index (χ4v) is 5.64. The van der Waals surface area contributed by atoms with Crippen LogP contribution in [0.15, 0.2) is 47.8 Å². The van der Waals surface area contributed by atoms with Crippen molar-refractivity contribution in [1.82, 2.24) is 14.9 Å². The zero-order valence-electron chi connectivity index (χ0n) is 18.3. The second-order valence-corrected chi connectivity index (χ2v) is 9.66. The monoisotopic (exact) mass is 478 g/mol. The van der Waals surface area contributed by atoms with E-state index in [1.165, 1.54) is 22.3 Å². The van der Waals surface area contributed by atoms with E-state index in [4.69, 9.17) is 21.1 Å². The van der Waals surface area contributed by atoms with Crippen LogP contribution in [-0.2, 0) is 6.54 Å². The van der Waals surface area contributed by atoms with Gasteiger partial charge < -0.3 is 14.4 Å². The Morgan fingerprint density at radius 1 is 0.970 bits per heavy atom. The van der Waals surface area contributed by atoms with Gasteiger partial charge in [0, 0.05) is 43.7 Å². The van der Waals surface area contributed by atoms with Crippen LogP contribution in [0.3, 0.4) is 0 Å². The maximum atomic E-state index is 6.33. The van der Waals surface area contributed by atoms with Gasteiger partial charge in [0.05, 0.1) is 5.39 Å². The fourth-order valence-electron chi connectivity index (χ4n) is 4.49. The topological polar surface area (TPSA) is 50.7 Å². The summed E-state index contributed by atoms with van der Waals surface area (Å²) in [4.78, 5) is 14.9. The first kappa shape index (κ1) is 20.7. The lowest BCUT2D eigenvalue weighted by molar-refractivity contribution is 0.174. The van der Waals surface area contributed by atoms with Gasteiger partial charge in [0.25, 0.3) is 0 Å². The van der Waals surface area contributed by atoms with Gasteiger partial charge in [-0.25, -0.2) is 4.98 Å². The maximum Gasteiger partial charge on any atom is 0.231 e. The summed E-state index contributed by atoms with van der Waals surface area (Å²) in [5.74, 6) is 2.60. The van der Waals surface area contributed by atoms with Gasteiger partial charge in [-0.05, 0) is 41.8 Å². The predicted octanol–water partition coefficient (Wildman–Crippen LogP) is 5.37. The van der Waals surface area contributed by atoms with Crippen LogP contribution in [0.2, 0.25) is 5.28 Å². The SMILES string of the molecule is Cc1ccc(-c2csc3nc(Cl)nc(N4CCN(Cc5ccc6c(c5)OCO6)CC4)c23)cc1. The van der Waals surface area contributed by atoms with Crippen LogP contribution in [0, 0.1) is 6.92 Å². The Morgan fingerprint density at radius 2 is 1.76 bits per heavy atom. The molecule has 2 aromatic carbocycles. The Bertz CT molecular complexity index is 1320. The number of ether oxygens (including phenoxy) is 2. The number of benzene rings is 2. The van der Waals surface area contributed by atoms with Crippen molar-refractivity contribution in [3.63, 3.8) is 0 Å². The van der Waals surface area contributed by atoms with E-state index in [0.717, 1.165) is 60.3 Å². The van der Waals surface area contributed by atoms with E-state index in [9.17, 15) is 0 Å². The summed E-state index contributed by atoms with van der Waals surface area (Å²) in [6.07, 6.45) is 0. The molecule has 1 fully saturated rings. The normalized spacial score (nSPS) is 16.0. The number of hydrogen-bond acceptors (Lipinski definition) is 7. The Balaban J connectivity index is 1.24. The molecule has 6 nitrogen and oxygen atoms in total. The highest BCUT2D eigenvalue weighted by atomic mass is 35.5. The highest BCUT2D eigenvalue weighted by molar-refractivity contribution is 7.17. The van der Waals surface area contributed by atoms with Gasteiger partial charge in [-0.2, -0.15) is 4.98 Å². The average Bonchev–Trinajstić information content (AvgIpc) is 3.46. The minimum Gasteiger partial charge on any atom is -0.454 e. The molecule has 8 heteroatoms. The van der Waals surface area contributed by atoms with Gasteiger partial charge in [0.15, 0.2) is 11.5 Å². The van der Waals surface area contributed by atoms with Crippen LogP contribution in [0.1, 0.15) is 11.1 Å². The lowest BCUT2D eigenvalue weighted by atomic mass is 10.0. The zero-order valence-corrected chi connectivity index (χ0v) is 19.8. The first-order chi connectivity index (χ1) is 16.1. The minimum atomic E-state index is 0.303. The van der Waals surface area contributed by atoms with Crippen molar-refractivity contribution in [2.75, 3.05) is 37.9 Å². The lowest BCUT2D eigenvalue weighted by Crippen LogP contribution is -2.46. The Labute approximate surface area is 201 Å². The molecule has 0 radical (unpaired) electrons. The van der Waals surface area contributed by atoms with Crippen LogP contribution < -0.4 is 14.4 Å². The molecule has 0 aliphatic carbocycles. The van der Waals surface area contributed by atoms with Gasteiger partial charge in [-0.1, -0.05) is 35.9 Å². The first-order valence-corrected chi connectivity index (χ1v) is 12.3. The highest BCUT2D eigenvalue weighted by Crippen LogP contribution is 2.39. The van der Waals surface area contributed by atoms with Crippen LogP contribution in [0.4, 0.5) is 5.82 Å². The van der Waals surface area contributed by atoms with E-state index < -0.39 is 0 Å². The molecular weight excluding hydrogens is 456 g/mol. The molecule has 0 bridgehead atoms.